The highest BCUT2D eigenvalue weighted by Crippen LogP contribution is 2.60. The van der Waals surface area contributed by atoms with E-state index in [0.29, 0.717) is 17.8 Å². The van der Waals surface area contributed by atoms with Gasteiger partial charge in [-0.3, -0.25) is 0 Å². The normalized spacial score (nSPS) is 40.6. The van der Waals surface area contributed by atoms with Gasteiger partial charge in [0.25, 0.3) is 0 Å². The predicted octanol–water partition coefficient (Wildman–Crippen LogP) is 3.66. The van der Waals surface area contributed by atoms with E-state index in [0.717, 1.165) is 44.5 Å². The minimum atomic E-state index is -0.547. The third kappa shape index (κ3) is 2.40. The maximum absolute atomic E-state index is 10.5. The Hall–Kier alpha value is -1.06. The third-order valence-corrected chi connectivity index (χ3v) is 7.14. The molecule has 0 heterocycles. The van der Waals surface area contributed by atoms with Crippen LogP contribution in [0, 0.1) is 17.3 Å². The second-order valence-electron chi connectivity index (χ2n) is 8.42. The molecule has 3 heteroatoms. The molecule has 1 aromatic rings. The topological polar surface area (TPSA) is 49.7 Å². The van der Waals surface area contributed by atoms with E-state index < -0.39 is 12.2 Å². The van der Waals surface area contributed by atoms with Crippen LogP contribution in [-0.4, -0.2) is 29.0 Å². The molecule has 6 atom stereocenters. The van der Waals surface area contributed by atoms with Crippen LogP contribution in [0.2, 0.25) is 0 Å². The molecule has 2 N–H and O–H groups in total. The zero-order chi connectivity index (χ0) is 16.9. The minimum Gasteiger partial charge on any atom is -0.494 e. The van der Waals surface area contributed by atoms with E-state index in [1.165, 1.54) is 17.5 Å². The Morgan fingerprint density at radius 3 is 2.88 bits per heavy atom. The molecule has 2 fully saturated rings. The third-order valence-electron chi connectivity index (χ3n) is 7.14. The Labute approximate surface area is 145 Å². The first kappa shape index (κ1) is 16.4. The van der Waals surface area contributed by atoms with Gasteiger partial charge >= 0.3 is 0 Å². The molecule has 2 saturated carbocycles. The molecule has 0 saturated heterocycles. The van der Waals surface area contributed by atoms with E-state index in [1.807, 2.05) is 0 Å². The van der Waals surface area contributed by atoms with Gasteiger partial charge in [0.05, 0.1) is 18.8 Å². The molecular weight excluding hydrogens is 300 g/mol. The molecule has 132 valence electrons. The fourth-order valence-electron chi connectivity index (χ4n) is 5.86. The molecule has 0 aromatic heterocycles. The molecule has 3 aliphatic carbocycles. The summed E-state index contributed by atoms with van der Waals surface area (Å²) in [6.45, 7) is 5.11. The lowest BCUT2D eigenvalue weighted by Crippen LogP contribution is -2.44. The zero-order valence-corrected chi connectivity index (χ0v) is 14.9. The number of aryl methyl sites for hydroxylation is 1. The van der Waals surface area contributed by atoms with Crippen molar-refractivity contribution in [2.24, 2.45) is 17.3 Å². The summed E-state index contributed by atoms with van der Waals surface area (Å²) in [6, 6.07) is 6.65. The van der Waals surface area contributed by atoms with Crippen molar-refractivity contribution in [2.75, 3.05) is 6.61 Å². The molecule has 0 amide bonds. The van der Waals surface area contributed by atoms with Gasteiger partial charge in [-0.2, -0.15) is 0 Å². The first-order chi connectivity index (χ1) is 11.5. The summed E-state index contributed by atoms with van der Waals surface area (Å²) < 4.78 is 5.80. The highest BCUT2D eigenvalue weighted by Gasteiger charge is 2.57. The highest BCUT2D eigenvalue weighted by molar-refractivity contribution is 5.40. The number of aliphatic hydroxyl groups is 2. The highest BCUT2D eigenvalue weighted by atomic mass is 16.5. The largest absolute Gasteiger partial charge is 0.494 e. The summed E-state index contributed by atoms with van der Waals surface area (Å²) in [5.74, 6) is 2.64. The Morgan fingerprint density at radius 2 is 2.08 bits per heavy atom. The summed E-state index contributed by atoms with van der Waals surface area (Å²) in [7, 11) is 0. The maximum Gasteiger partial charge on any atom is 0.119 e. The number of ether oxygens (including phenoxy) is 1. The molecule has 0 unspecified atom stereocenters. The fourth-order valence-corrected chi connectivity index (χ4v) is 5.86. The lowest BCUT2D eigenvalue weighted by atomic mass is 9.55. The Balaban J connectivity index is 1.60. The SMILES string of the molecule is CCCOc1ccc2c(c1)CC[C@@H]1[C@@H]2CC[C@]2(C)[C@@H](O)[C@H](O)C[C@@H]12. The Morgan fingerprint density at radius 1 is 1.25 bits per heavy atom. The van der Waals surface area contributed by atoms with Crippen molar-refractivity contribution < 1.29 is 14.9 Å². The van der Waals surface area contributed by atoms with Crippen LogP contribution < -0.4 is 4.74 Å². The van der Waals surface area contributed by atoms with Crippen molar-refractivity contribution in [2.45, 2.75) is 70.5 Å². The van der Waals surface area contributed by atoms with Crippen molar-refractivity contribution in [1.82, 2.24) is 0 Å². The first-order valence-corrected chi connectivity index (χ1v) is 9.66. The Kier molecular flexibility index (Phi) is 4.12. The van der Waals surface area contributed by atoms with Crippen LogP contribution >= 0.6 is 0 Å². The Bertz CT molecular complexity index is 613. The number of fused-ring (bicyclic) bond motifs is 5. The van der Waals surface area contributed by atoms with Gasteiger partial charge in [-0.15, -0.1) is 0 Å². The summed E-state index contributed by atoms with van der Waals surface area (Å²) >= 11 is 0. The van der Waals surface area contributed by atoms with Crippen molar-refractivity contribution >= 4 is 0 Å². The van der Waals surface area contributed by atoms with Gasteiger partial charge in [-0.25, -0.2) is 0 Å². The van der Waals surface area contributed by atoms with E-state index in [4.69, 9.17) is 4.74 Å². The van der Waals surface area contributed by atoms with Crippen LogP contribution in [-0.2, 0) is 6.42 Å². The standard InChI is InChI=1S/C21H30O3/c1-3-10-24-14-5-7-15-13(11-14)4-6-17-16(15)8-9-21(2)18(17)12-19(22)20(21)23/h5,7,11,16-20,22-23H,3-4,6,8-10,12H2,1-2H3/t16-,17-,18+,19-,20+,21+/m1/s1. The average Bonchev–Trinajstić information content (AvgIpc) is 2.83. The molecule has 0 radical (unpaired) electrons. The maximum atomic E-state index is 10.5. The predicted molar refractivity (Wildman–Crippen MR) is 94.2 cm³/mol. The number of rotatable bonds is 3. The van der Waals surface area contributed by atoms with Crippen molar-refractivity contribution in [3.63, 3.8) is 0 Å². The molecule has 0 aliphatic heterocycles. The molecule has 4 rings (SSSR count). The summed E-state index contributed by atoms with van der Waals surface area (Å²) in [4.78, 5) is 0. The fraction of sp³-hybridized carbons (Fsp3) is 0.714. The smallest absolute Gasteiger partial charge is 0.119 e. The number of benzene rings is 1. The molecular formula is C21H30O3. The van der Waals surface area contributed by atoms with E-state index in [-0.39, 0.29) is 5.41 Å². The van der Waals surface area contributed by atoms with Gasteiger partial charge < -0.3 is 14.9 Å². The van der Waals surface area contributed by atoms with Crippen LogP contribution in [0.5, 0.6) is 5.75 Å². The van der Waals surface area contributed by atoms with Crippen molar-refractivity contribution in [3.8, 4) is 5.75 Å². The average molecular weight is 330 g/mol. The first-order valence-electron chi connectivity index (χ1n) is 9.66. The number of aliphatic hydroxyl groups excluding tert-OH is 2. The van der Waals surface area contributed by atoms with Crippen LogP contribution in [0.1, 0.15) is 63.0 Å². The molecule has 3 aliphatic rings. The number of hydrogen-bond acceptors (Lipinski definition) is 3. The quantitative estimate of drug-likeness (QED) is 0.889. The molecule has 1 aromatic carbocycles. The lowest BCUT2D eigenvalue weighted by Gasteiger charge is -2.49. The summed E-state index contributed by atoms with van der Waals surface area (Å²) in [6.07, 6.45) is 5.14. The van der Waals surface area contributed by atoms with Crippen LogP contribution in [0.15, 0.2) is 18.2 Å². The second-order valence-corrected chi connectivity index (χ2v) is 8.42. The van der Waals surface area contributed by atoms with E-state index >= 15 is 0 Å². The summed E-state index contributed by atoms with van der Waals surface area (Å²) in [5.41, 5.74) is 2.85. The minimum absolute atomic E-state index is 0.0950. The number of hydrogen-bond donors (Lipinski definition) is 2. The zero-order valence-electron chi connectivity index (χ0n) is 14.9. The van der Waals surface area contributed by atoms with Crippen LogP contribution in [0.25, 0.3) is 0 Å². The molecule has 0 spiro atoms. The van der Waals surface area contributed by atoms with E-state index in [1.54, 1.807) is 0 Å². The molecule has 3 nitrogen and oxygen atoms in total. The molecule has 0 bridgehead atoms. The van der Waals surface area contributed by atoms with Gasteiger partial charge in [0.2, 0.25) is 0 Å². The van der Waals surface area contributed by atoms with Gasteiger partial charge in [0, 0.05) is 0 Å². The second kappa shape index (κ2) is 6.03. The van der Waals surface area contributed by atoms with Crippen molar-refractivity contribution in [3.05, 3.63) is 29.3 Å². The van der Waals surface area contributed by atoms with E-state index in [9.17, 15) is 10.2 Å². The van der Waals surface area contributed by atoms with Crippen molar-refractivity contribution in [1.29, 1.82) is 0 Å². The lowest BCUT2D eigenvalue weighted by molar-refractivity contribution is -0.0505. The van der Waals surface area contributed by atoms with Gasteiger partial charge in [-0.1, -0.05) is 19.9 Å². The van der Waals surface area contributed by atoms with Crippen LogP contribution in [0.3, 0.4) is 0 Å². The van der Waals surface area contributed by atoms with Crippen LogP contribution in [0.4, 0.5) is 0 Å². The monoisotopic (exact) mass is 330 g/mol. The van der Waals surface area contributed by atoms with Gasteiger partial charge in [0.1, 0.15) is 5.75 Å². The van der Waals surface area contributed by atoms with Gasteiger partial charge in [0.15, 0.2) is 0 Å². The van der Waals surface area contributed by atoms with E-state index in [2.05, 4.69) is 32.0 Å². The summed E-state index contributed by atoms with van der Waals surface area (Å²) in [5, 5.41) is 20.7. The molecule has 24 heavy (non-hydrogen) atoms. The van der Waals surface area contributed by atoms with Gasteiger partial charge in [-0.05, 0) is 85.0 Å².